The Bertz CT molecular complexity index is 335. The lowest BCUT2D eigenvalue weighted by molar-refractivity contribution is 0.155. The van der Waals surface area contributed by atoms with Crippen LogP contribution in [0.25, 0.3) is 0 Å². The van der Waals surface area contributed by atoms with Crippen LogP contribution in [0.1, 0.15) is 39.0 Å². The lowest BCUT2D eigenvalue weighted by Gasteiger charge is -2.33. The Labute approximate surface area is 172 Å². The summed E-state index contributed by atoms with van der Waals surface area (Å²) in [7, 11) is 5.82. The molecular weight excluding hydrogens is 429 g/mol. The van der Waals surface area contributed by atoms with Crippen molar-refractivity contribution in [3.63, 3.8) is 0 Å². The normalized spacial score (nSPS) is 16.8. The first kappa shape index (κ1) is 24.9. The smallest absolute Gasteiger partial charge is 0.191 e. The predicted molar refractivity (Wildman–Crippen MR) is 118 cm³/mol. The number of halogens is 1. The van der Waals surface area contributed by atoms with E-state index in [1.54, 1.807) is 7.11 Å². The van der Waals surface area contributed by atoms with E-state index in [0.717, 1.165) is 51.7 Å². The average molecular weight is 469 g/mol. The van der Waals surface area contributed by atoms with Crippen molar-refractivity contribution in [1.82, 2.24) is 20.4 Å². The third-order valence-corrected chi connectivity index (χ3v) is 4.65. The zero-order chi connectivity index (χ0) is 17.6. The van der Waals surface area contributed by atoms with E-state index < -0.39 is 0 Å². The summed E-state index contributed by atoms with van der Waals surface area (Å²) in [5.41, 5.74) is 0. The second-order valence-electron chi connectivity index (χ2n) is 6.76. The predicted octanol–water partition coefficient (Wildman–Crippen LogP) is 2.00. The molecule has 0 saturated carbocycles. The molecule has 0 bridgehead atoms. The van der Waals surface area contributed by atoms with E-state index in [0.29, 0.717) is 6.04 Å². The average Bonchev–Trinajstić information content (AvgIpc) is 2.60. The highest BCUT2D eigenvalue weighted by Gasteiger charge is 2.19. The molecule has 25 heavy (non-hydrogen) atoms. The standard InChI is InChI=1S/C18H39N5O.HI/c1-5-6-11-22(3)15-10-20-18(19-2)21-17-8-13-23(14-9-17)12-7-16-24-4;/h17H,5-16H2,1-4H3,(H2,19,20,21);1H. The molecule has 0 aromatic carbocycles. The van der Waals surface area contributed by atoms with Crippen molar-refractivity contribution in [3.05, 3.63) is 0 Å². The van der Waals surface area contributed by atoms with E-state index in [4.69, 9.17) is 4.74 Å². The molecular formula is C18H40IN5O. The molecule has 0 aromatic heterocycles. The molecule has 0 amide bonds. The SMILES string of the molecule is CCCCN(C)CCNC(=NC)NC1CCN(CCCOC)CC1.I. The van der Waals surface area contributed by atoms with Crippen LogP contribution in [-0.2, 0) is 4.74 Å². The molecule has 1 rings (SSSR count). The van der Waals surface area contributed by atoms with Gasteiger partial charge >= 0.3 is 0 Å². The van der Waals surface area contributed by atoms with Crippen LogP contribution in [0.2, 0.25) is 0 Å². The number of aliphatic imine (C=N–C) groups is 1. The zero-order valence-electron chi connectivity index (χ0n) is 16.7. The van der Waals surface area contributed by atoms with Crippen molar-refractivity contribution in [2.45, 2.75) is 45.1 Å². The minimum atomic E-state index is 0. The van der Waals surface area contributed by atoms with E-state index in [1.165, 1.54) is 32.2 Å². The lowest BCUT2D eigenvalue weighted by atomic mass is 10.1. The molecule has 0 atom stereocenters. The zero-order valence-corrected chi connectivity index (χ0v) is 19.1. The maximum atomic E-state index is 5.13. The van der Waals surface area contributed by atoms with Crippen LogP contribution in [0.3, 0.4) is 0 Å². The van der Waals surface area contributed by atoms with Gasteiger partial charge in [0, 0.05) is 59.5 Å². The summed E-state index contributed by atoms with van der Waals surface area (Å²) in [4.78, 5) is 9.28. The summed E-state index contributed by atoms with van der Waals surface area (Å²) in [6.07, 6.45) is 6.02. The van der Waals surface area contributed by atoms with Crippen molar-refractivity contribution in [1.29, 1.82) is 0 Å². The minimum Gasteiger partial charge on any atom is -0.385 e. The number of piperidine rings is 1. The number of unbranched alkanes of at least 4 members (excludes halogenated alkanes) is 1. The van der Waals surface area contributed by atoms with Gasteiger partial charge in [0.2, 0.25) is 0 Å². The van der Waals surface area contributed by atoms with Gasteiger partial charge in [-0.25, -0.2) is 0 Å². The van der Waals surface area contributed by atoms with Crippen molar-refractivity contribution in [3.8, 4) is 0 Å². The van der Waals surface area contributed by atoms with Gasteiger partial charge in [0.15, 0.2) is 5.96 Å². The summed E-state index contributed by atoms with van der Waals surface area (Å²) in [5, 5.41) is 7.02. The molecule has 6 nitrogen and oxygen atoms in total. The second-order valence-corrected chi connectivity index (χ2v) is 6.76. The van der Waals surface area contributed by atoms with Gasteiger partial charge in [0.25, 0.3) is 0 Å². The number of guanidine groups is 1. The monoisotopic (exact) mass is 469 g/mol. The van der Waals surface area contributed by atoms with E-state index in [2.05, 4.69) is 39.4 Å². The van der Waals surface area contributed by atoms with Crippen LogP contribution in [0.5, 0.6) is 0 Å². The van der Waals surface area contributed by atoms with Gasteiger partial charge in [-0.1, -0.05) is 13.3 Å². The van der Waals surface area contributed by atoms with Crippen LogP contribution in [0, 0.1) is 0 Å². The van der Waals surface area contributed by atoms with Crippen LogP contribution in [0.15, 0.2) is 4.99 Å². The van der Waals surface area contributed by atoms with Crippen molar-refractivity contribution >= 4 is 29.9 Å². The molecule has 0 spiro atoms. The van der Waals surface area contributed by atoms with Crippen LogP contribution in [0.4, 0.5) is 0 Å². The molecule has 1 heterocycles. The maximum Gasteiger partial charge on any atom is 0.191 e. The summed E-state index contributed by atoms with van der Waals surface area (Å²) in [5.74, 6) is 0.941. The Kier molecular flexibility index (Phi) is 16.0. The summed E-state index contributed by atoms with van der Waals surface area (Å²) in [6, 6.07) is 0.535. The quantitative estimate of drug-likeness (QED) is 0.210. The first-order valence-corrected chi connectivity index (χ1v) is 9.56. The Morgan fingerprint density at radius 2 is 1.96 bits per heavy atom. The lowest BCUT2D eigenvalue weighted by Crippen LogP contribution is -2.49. The van der Waals surface area contributed by atoms with Crippen molar-refractivity contribution < 1.29 is 4.74 Å². The number of nitrogens with one attached hydrogen (secondary N) is 2. The third kappa shape index (κ3) is 12.0. The number of likely N-dealkylation sites (tertiary alicyclic amines) is 1. The topological polar surface area (TPSA) is 52.1 Å². The molecule has 1 aliphatic heterocycles. The van der Waals surface area contributed by atoms with Gasteiger partial charge in [0.1, 0.15) is 0 Å². The van der Waals surface area contributed by atoms with Gasteiger partial charge in [-0.15, -0.1) is 24.0 Å². The largest absolute Gasteiger partial charge is 0.385 e. The van der Waals surface area contributed by atoms with Gasteiger partial charge < -0.3 is 25.2 Å². The van der Waals surface area contributed by atoms with Gasteiger partial charge in [-0.3, -0.25) is 4.99 Å². The van der Waals surface area contributed by atoms with E-state index in [9.17, 15) is 0 Å². The highest BCUT2D eigenvalue weighted by atomic mass is 127. The fraction of sp³-hybridized carbons (Fsp3) is 0.944. The molecule has 1 aliphatic rings. The Morgan fingerprint density at radius 1 is 1.24 bits per heavy atom. The molecule has 1 saturated heterocycles. The van der Waals surface area contributed by atoms with Crippen LogP contribution in [-0.4, -0.2) is 88.9 Å². The Hall–Kier alpha value is -0.120. The molecule has 7 heteroatoms. The summed E-state index contributed by atoms with van der Waals surface area (Å²) in [6.45, 7) is 9.75. The fourth-order valence-corrected chi connectivity index (χ4v) is 3.03. The fourth-order valence-electron chi connectivity index (χ4n) is 3.03. The molecule has 1 fully saturated rings. The number of nitrogens with zero attached hydrogens (tertiary/aromatic N) is 3. The maximum absolute atomic E-state index is 5.13. The molecule has 0 unspecified atom stereocenters. The van der Waals surface area contributed by atoms with E-state index in [1.807, 2.05) is 7.05 Å². The molecule has 2 N–H and O–H groups in total. The van der Waals surface area contributed by atoms with Crippen molar-refractivity contribution in [2.75, 3.05) is 67.1 Å². The summed E-state index contributed by atoms with van der Waals surface area (Å²) < 4.78 is 5.13. The molecule has 0 aliphatic carbocycles. The Morgan fingerprint density at radius 3 is 2.56 bits per heavy atom. The first-order valence-electron chi connectivity index (χ1n) is 9.56. The van der Waals surface area contributed by atoms with E-state index in [-0.39, 0.29) is 24.0 Å². The van der Waals surface area contributed by atoms with Gasteiger partial charge in [0.05, 0.1) is 0 Å². The summed E-state index contributed by atoms with van der Waals surface area (Å²) >= 11 is 0. The number of hydrogen-bond donors (Lipinski definition) is 2. The van der Waals surface area contributed by atoms with Gasteiger partial charge in [-0.2, -0.15) is 0 Å². The number of rotatable bonds is 11. The first-order chi connectivity index (χ1) is 11.7. The minimum absolute atomic E-state index is 0. The number of methoxy groups -OCH3 is 1. The highest BCUT2D eigenvalue weighted by Crippen LogP contribution is 2.10. The number of ether oxygens (including phenoxy) is 1. The van der Waals surface area contributed by atoms with Gasteiger partial charge in [-0.05, 0) is 39.3 Å². The number of likely N-dealkylation sites (N-methyl/N-ethyl adjacent to an activating group) is 1. The Balaban J connectivity index is 0.00000576. The molecule has 0 aromatic rings. The van der Waals surface area contributed by atoms with Crippen LogP contribution < -0.4 is 10.6 Å². The second kappa shape index (κ2) is 16.1. The molecule has 0 radical (unpaired) electrons. The highest BCUT2D eigenvalue weighted by molar-refractivity contribution is 14.0. The third-order valence-electron chi connectivity index (χ3n) is 4.65. The van der Waals surface area contributed by atoms with Crippen LogP contribution >= 0.6 is 24.0 Å². The van der Waals surface area contributed by atoms with E-state index >= 15 is 0 Å². The number of hydrogen-bond acceptors (Lipinski definition) is 4. The van der Waals surface area contributed by atoms with Crippen molar-refractivity contribution in [2.24, 2.45) is 4.99 Å². The molecule has 150 valence electrons.